The molecule has 0 N–H and O–H groups in total. The summed E-state index contributed by atoms with van der Waals surface area (Å²) in [5.74, 6) is -0.0824. The van der Waals surface area contributed by atoms with Crippen LogP contribution in [0.4, 0.5) is 9.18 Å². The minimum Gasteiger partial charge on any atom is -0.325 e. The summed E-state index contributed by atoms with van der Waals surface area (Å²) >= 11 is 5.58. The molecule has 2 aromatic carbocycles. The minimum absolute atomic E-state index is 0.0249. The standard InChI is InChI=1S/C19H28N3O2P.C7H9Cl.C6H5F.C4H10.C3H8.2C2H6/c1-4-25-17-13-15(14(2)23)7-8-16(17)18-20(3)11-12-22(18)19(24)21-9-5-6-10-21;1-3-5-7(8)6-4-2;7-6-4-2-1-3-5-6;1-3-4-2;1-3-2;2*1-2/h7-8,13,18,25H,4-6,9-12H2,1-3H3;3-6H,1H2,2H3;1-5H;3-4H2,1-2H3;3H2,1-2H3;2*1-2H3/b;6-4-,7-5+;;;;;. The Labute approximate surface area is 320 Å². The van der Waals surface area contributed by atoms with E-state index in [4.69, 9.17) is 11.6 Å². The first-order valence-corrected chi connectivity index (χ1v) is 20.6. The Kier molecular flexibility index (Phi) is 36.7. The lowest BCUT2D eigenvalue weighted by Crippen LogP contribution is -2.43. The van der Waals surface area contributed by atoms with Crippen LogP contribution in [0.3, 0.4) is 0 Å². The van der Waals surface area contributed by atoms with Gasteiger partial charge in [-0.25, -0.2) is 9.18 Å². The molecular formula is C43H72ClFN3O2P. The quantitative estimate of drug-likeness (QED) is 0.161. The summed E-state index contributed by atoms with van der Waals surface area (Å²) in [5.41, 5.74) is 1.94. The second-order valence-corrected chi connectivity index (χ2v) is 13.2. The van der Waals surface area contributed by atoms with Gasteiger partial charge in [0.05, 0.1) is 0 Å². The number of hydrogen-bond acceptors (Lipinski definition) is 3. The predicted octanol–water partition coefficient (Wildman–Crippen LogP) is 12.6. The Morgan fingerprint density at radius 3 is 1.88 bits per heavy atom. The molecule has 290 valence electrons. The molecule has 51 heavy (non-hydrogen) atoms. The number of halogens is 2. The first-order chi connectivity index (χ1) is 24.6. The number of allylic oxidation sites excluding steroid dienone is 5. The summed E-state index contributed by atoms with van der Waals surface area (Å²) in [7, 11) is 2.73. The van der Waals surface area contributed by atoms with Gasteiger partial charge in [0.25, 0.3) is 0 Å². The highest BCUT2D eigenvalue weighted by Crippen LogP contribution is 2.32. The SMILES string of the molecule is C=C/C=C(Cl)\C=C/C.CC.CC.CCC.CCCC.CCPc1cc(C(C)=O)ccc1C1N(C)CCN1C(=O)N1CCCC1.Fc1ccccc1. The minimum atomic E-state index is -0.178. The average molecular weight is 748 g/mol. The predicted molar refractivity (Wildman–Crippen MR) is 228 cm³/mol. The topological polar surface area (TPSA) is 43.9 Å². The fourth-order valence-corrected chi connectivity index (χ4v) is 5.80. The molecule has 0 radical (unpaired) electrons. The van der Waals surface area contributed by atoms with Crippen molar-refractivity contribution in [2.24, 2.45) is 0 Å². The van der Waals surface area contributed by atoms with E-state index in [2.05, 4.69) is 59.2 Å². The van der Waals surface area contributed by atoms with Crippen LogP contribution in [-0.4, -0.2) is 65.9 Å². The lowest BCUT2D eigenvalue weighted by Gasteiger charge is -2.33. The van der Waals surface area contributed by atoms with Gasteiger partial charge in [-0.15, -0.1) is 0 Å². The number of Topliss-reactive ketones (excluding diaryl/α,β-unsaturated/α-hetero) is 1. The van der Waals surface area contributed by atoms with E-state index in [1.54, 1.807) is 37.3 Å². The maximum Gasteiger partial charge on any atom is 0.321 e. The van der Waals surface area contributed by atoms with Crippen LogP contribution in [0.2, 0.25) is 0 Å². The van der Waals surface area contributed by atoms with Crippen LogP contribution in [0.15, 0.2) is 84.4 Å². The number of nitrogens with zero attached hydrogens (tertiary/aromatic N) is 3. The van der Waals surface area contributed by atoms with Crippen LogP contribution in [0.25, 0.3) is 0 Å². The Morgan fingerprint density at radius 1 is 0.922 bits per heavy atom. The third kappa shape index (κ3) is 23.4. The van der Waals surface area contributed by atoms with Gasteiger partial charge in [0.15, 0.2) is 5.78 Å². The van der Waals surface area contributed by atoms with Crippen LogP contribution >= 0.6 is 20.2 Å². The van der Waals surface area contributed by atoms with E-state index >= 15 is 0 Å². The van der Waals surface area contributed by atoms with E-state index in [0.29, 0.717) is 13.6 Å². The molecule has 2 unspecified atom stereocenters. The molecule has 2 saturated heterocycles. The number of amides is 2. The van der Waals surface area contributed by atoms with Crippen molar-refractivity contribution in [3.63, 3.8) is 0 Å². The Hall–Kier alpha value is -2.79. The van der Waals surface area contributed by atoms with Gasteiger partial charge in [0, 0.05) is 36.8 Å². The Bertz CT molecular complexity index is 1210. The van der Waals surface area contributed by atoms with Gasteiger partial charge in [0.1, 0.15) is 12.0 Å². The van der Waals surface area contributed by atoms with E-state index in [1.165, 1.54) is 42.3 Å². The molecule has 2 amide bonds. The maximum atomic E-state index is 13.0. The summed E-state index contributed by atoms with van der Waals surface area (Å²) in [6.07, 6.45) is 14.2. The van der Waals surface area contributed by atoms with Gasteiger partial charge in [-0.2, -0.15) is 0 Å². The normalized spacial score (nSPS) is 14.9. The van der Waals surface area contributed by atoms with Crippen molar-refractivity contribution in [1.29, 1.82) is 0 Å². The third-order valence-corrected chi connectivity index (χ3v) is 8.39. The summed E-state index contributed by atoms with van der Waals surface area (Å²) in [6.45, 7) is 29.2. The molecule has 4 rings (SSSR count). The van der Waals surface area contributed by atoms with Gasteiger partial charge in [-0.05, 0) is 81.1 Å². The smallest absolute Gasteiger partial charge is 0.321 e. The third-order valence-electron chi connectivity index (χ3n) is 6.97. The second kappa shape index (κ2) is 35.6. The fourth-order valence-electron chi connectivity index (χ4n) is 4.53. The van der Waals surface area contributed by atoms with Gasteiger partial charge < -0.3 is 9.80 Å². The highest BCUT2D eigenvalue weighted by Gasteiger charge is 2.38. The highest BCUT2D eigenvalue weighted by molar-refractivity contribution is 7.47. The van der Waals surface area contributed by atoms with Crippen molar-refractivity contribution < 1.29 is 14.0 Å². The number of unbranched alkanes of at least 4 members (excludes halogenated alkanes) is 1. The molecule has 0 aliphatic carbocycles. The van der Waals surface area contributed by atoms with Crippen LogP contribution in [0.5, 0.6) is 0 Å². The van der Waals surface area contributed by atoms with E-state index < -0.39 is 0 Å². The number of likely N-dealkylation sites (tertiary alicyclic amines) is 1. The molecule has 2 aliphatic heterocycles. The van der Waals surface area contributed by atoms with Crippen molar-refractivity contribution in [3.8, 4) is 0 Å². The molecule has 2 atom stereocenters. The van der Waals surface area contributed by atoms with Crippen LogP contribution in [-0.2, 0) is 0 Å². The first kappa shape index (κ1) is 52.6. The van der Waals surface area contributed by atoms with E-state index in [1.807, 2.05) is 68.7 Å². The molecule has 0 saturated carbocycles. The molecule has 0 bridgehead atoms. The van der Waals surface area contributed by atoms with Gasteiger partial charge in [-0.3, -0.25) is 9.69 Å². The zero-order valence-corrected chi connectivity index (χ0v) is 36.0. The molecule has 2 aromatic rings. The van der Waals surface area contributed by atoms with Crippen molar-refractivity contribution in [2.75, 3.05) is 39.4 Å². The van der Waals surface area contributed by atoms with Gasteiger partial charge in [-0.1, -0.05) is 151 Å². The van der Waals surface area contributed by atoms with E-state index in [9.17, 15) is 14.0 Å². The number of rotatable bonds is 7. The maximum absolute atomic E-state index is 13.0. The highest BCUT2D eigenvalue weighted by atomic mass is 35.5. The van der Waals surface area contributed by atoms with E-state index in [-0.39, 0.29) is 23.8 Å². The van der Waals surface area contributed by atoms with Gasteiger partial charge in [0.2, 0.25) is 0 Å². The average Bonchev–Trinajstić information content (AvgIpc) is 3.82. The molecular weight excluding hydrogens is 676 g/mol. The molecule has 2 fully saturated rings. The molecule has 8 heteroatoms. The fraction of sp³-hybridized carbons (Fsp3) is 0.535. The van der Waals surface area contributed by atoms with Crippen LogP contribution in [0, 0.1) is 5.82 Å². The molecule has 0 aromatic heterocycles. The summed E-state index contributed by atoms with van der Waals surface area (Å²) in [6, 6.07) is 14.1. The number of carbonyl (C=O) groups excluding carboxylic acids is 2. The first-order valence-electron chi connectivity index (χ1n) is 19.0. The van der Waals surface area contributed by atoms with Crippen molar-refractivity contribution >= 4 is 37.3 Å². The van der Waals surface area contributed by atoms with Crippen LogP contribution < -0.4 is 5.30 Å². The lowest BCUT2D eigenvalue weighted by molar-refractivity contribution is 0.101. The summed E-state index contributed by atoms with van der Waals surface area (Å²) in [5, 5.41) is 1.93. The molecule has 5 nitrogen and oxygen atoms in total. The molecule has 2 heterocycles. The number of carbonyl (C=O) groups is 2. The number of hydrogen-bond donors (Lipinski definition) is 0. The van der Waals surface area contributed by atoms with Crippen molar-refractivity contribution in [3.05, 3.63) is 101 Å². The zero-order valence-electron chi connectivity index (χ0n) is 34.2. The summed E-state index contributed by atoms with van der Waals surface area (Å²) < 4.78 is 11.9. The molecule has 2 aliphatic rings. The Morgan fingerprint density at radius 2 is 1.47 bits per heavy atom. The number of ketones is 1. The van der Waals surface area contributed by atoms with E-state index in [0.717, 1.165) is 50.7 Å². The largest absolute Gasteiger partial charge is 0.325 e. The Balaban J connectivity index is -0.000000723. The number of likely N-dealkylation sites (N-methyl/N-ethyl adjacent to an activating group) is 1. The summed E-state index contributed by atoms with van der Waals surface area (Å²) in [4.78, 5) is 31.0. The number of benzene rings is 2. The van der Waals surface area contributed by atoms with Crippen molar-refractivity contribution in [2.45, 2.75) is 114 Å². The number of urea groups is 1. The molecule has 0 spiro atoms. The van der Waals surface area contributed by atoms with Crippen molar-refractivity contribution in [1.82, 2.24) is 14.7 Å². The lowest BCUT2D eigenvalue weighted by atomic mass is 10.1. The monoisotopic (exact) mass is 748 g/mol. The zero-order chi connectivity index (χ0) is 39.6. The second-order valence-electron chi connectivity index (χ2n) is 11.2. The van der Waals surface area contributed by atoms with Gasteiger partial charge >= 0.3 is 6.03 Å². The van der Waals surface area contributed by atoms with Crippen LogP contribution in [0.1, 0.15) is 130 Å².